The molecule has 0 radical (unpaired) electrons. The molecule has 0 saturated carbocycles. The maximum atomic E-state index is 12.3. The van der Waals surface area contributed by atoms with Gasteiger partial charge in [-0.05, 0) is 57.6 Å². The number of likely N-dealkylation sites (tertiary alicyclic amines) is 1. The average Bonchev–Trinajstić information content (AvgIpc) is 2.47. The van der Waals surface area contributed by atoms with Gasteiger partial charge in [0.05, 0.1) is 10.9 Å². The van der Waals surface area contributed by atoms with Gasteiger partial charge in [0.25, 0.3) is 0 Å². The number of carbonyl (C=O) groups excluding carboxylic acids is 1. The van der Waals surface area contributed by atoms with Gasteiger partial charge in [-0.15, -0.1) is 0 Å². The van der Waals surface area contributed by atoms with E-state index in [0.717, 1.165) is 31.5 Å². The molecule has 122 valence electrons. The summed E-state index contributed by atoms with van der Waals surface area (Å²) < 4.78 is 22.9. The van der Waals surface area contributed by atoms with Gasteiger partial charge in [0.15, 0.2) is 9.84 Å². The standard InChI is InChI=1S/C16H24N2O3S/c1-12(13-4-6-15(7-5-13)22(3,20)21)17-16(19)14-8-10-18(2)11-9-14/h4-7,12,14H,8-11H2,1-3H3,(H,17,19)/t12-/m1/s1. The maximum absolute atomic E-state index is 12.3. The predicted molar refractivity (Wildman–Crippen MR) is 86.3 cm³/mol. The van der Waals surface area contributed by atoms with E-state index in [0.29, 0.717) is 4.90 Å². The van der Waals surface area contributed by atoms with E-state index in [-0.39, 0.29) is 17.9 Å². The molecule has 0 bridgehead atoms. The average molecular weight is 324 g/mol. The highest BCUT2D eigenvalue weighted by Gasteiger charge is 2.24. The SMILES string of the molecule is C[C@@H](NC(=O)C1CCN(C)CC1)c1ccc(S(C)(=O)=O)cc1. The van der Waals surface area contributed by atoms with E-state index < -0.39 is 9.84 Å². The number of piperidine rings is 1. The predicted octanol–water partition coefficient (Wildman–Crippen LogP) is 1.61. The lowest BCUT2D eigenvalue weighted by Crippen LogP contribution is -2.39. The van der Waals surface area contributed by atoms with Crippen LogP contribution in [-0.2, 0) is 14.6 Å². The Morgan fingerprint density at radius 2 is 1.77 bits per heavy atom. The second kappa shape index (κ2) is 6.79. The molecule has 1 N–H and O–H groups in total. The molecule has 1 atom stereocenters. The quantitative estimate of drug-likeness (QED) is 0.914. The van der Waals surface area contributed by atoms with E-state index in [1.165, 1.54) is 6.26 Å². The first kappa shape index (κ1) is 17.0. The zero-order chi connectivity index (χ0) is 16.3. The van der Waals surface area contributed by atoms with Crippen molar-refractivity contribution in [2.45, 2.75) is 30.7 Å². The van der Waals surface area contributed by atoms with Crippen LogP contribution in [0, 0.1) is 5.92 Å². The van der Waals surface area contributed by atoms with Crippen molar-refractivity contribution in [3.05, 3.63) is 29.8 Å². The Labute approximate surface area is 132 Å². The van der Waals surface area contributed by atoms with Crippen molar-refractivity contribution >= 4 is 15.7 Å². The molecule has 1 amide bonds. The van der Waals surface area contributed by atoms with Crippen LogP contribution in [0.3, 0.4) is 0 Å². The first-order chi connectivity index (χ1) is 10.3. The lowest BCUT2D eigenvalue weighted by molar-refractivity contribution is -0.127. The molecular formula is C16H24N2O3S. The third-order valence-electron chi connectivity index (χ3n) is 4.26. The molecule has 0 spiro atoms. The van der Waals surface area contributed by atoms with Crippen molar-refractivity contribution in [3.8, 4) is 0 Å². The lowest BCUT2D eigenvalue weighted by Gasteiger charge is -2.29. The van der Waals surface area contributed by atoms with Gasteiger partial charge in [-0.3, -0.25) is 4.79 Å². The van der Waals surface area contributed by atoms with Crippen LogP contribution in [0.1, 0.15) is 31.4 Å². The lowest BCUT2D eigenvalue weighted by atomic mass is 9.95. The van der Waals surface area contributed by atoms with E-state index >= 15 is 0 Å². The molecular weight excluding hydrogens is 300 g/mol. The normalized spacial score (nSPS) is 18.9. The fourth-order valence-electron chi connectivity index (χ4n) is 2.69. The maximum Gasteiger partial charge on any atom is 0.223 e. The van der Waals surface area contributed by atoms with Crippen LogP contribution in [0.25, 0.3) is 0 Å². The van der Waals surface area contributed by atoms with Crippen LogP contribution < -0.4 is 5.32 Å². The van der Waals surface area contributed by atoms with Gasteiger partial charge in [-0.2, -0.15) is 0 Å². The van der Waals surface area contributed by atoms with E-state index in [9.17, 15) is 13.2 Å². The molecule has 5 nitrogen and oxygen atoms in total. The zero-order valence-electron chi connectivity index (χ0n) is 13.4. The zero-order valence-corrected chi connectivity index (χ0v) is 14.2. The van der Waals surface area contributed by atoms with Gasteiger partial charge >= 0.3 is 0 Å². The van der Waals surface area contributed by atoms with Crippen molar-refractivity contribution in [2.75, 3.05) is 26.4 Å². The van der Waals surface area contributed by atoms with Gasteiger partial charge < -0.3 is 10.2 Å². The Morgan fingerprint density at radius 1 is 1.23 bits per heavy atom. The van der Waals surface area contributed by atoms with Crippen LogP contribution in [0.2, 0.25) is 0 Å². The Kier molecular flexibility index (Phi) is 5.24. The van der Waals surface area contributed by atoms with Gasteiger partial charge in [0, 0.05) is 12.2 Å². The Bertz CT molecular complexity index is 617. The number of nitrogens with zero attached hydrogens (tertiary/aromatic N) is 1. The Morgan fingerprint density at radius 3 is 2.27 bits per heavy atom. The molecule has 2 rings (SSSR count). The summed E-state index contributed by atoms with van der Waals surface area (Å²) in [6.07, 6.45) is 2.97. The molecule has 1 aromatic carbocycles. The number of rotatable bonds is 4. The van der Waals surface area contributed by atoms with Crippen molar-refractivity contribution in [1.29, 1.82) is 0 Å². The Hall–Kier alpha value is -1.40. The Balaban J connectivity index is 1.97. The molecule has 22 heavy (non-hydrogen) atoms. The number of sulfone groups is 1. The van der Waals surface area contributed by atoms with Crippen LogP contribution in [0.15, 0.2) is 29.2 Å². The summed E-state index contributed by atoms with van der Waals surface area (Å²) >= 11 is 0. The van der Waals surface area contributed by atoms with E-state index in [4.69, 9.17) is 0 Å². The van der Waals surface area contributed by atoms with Crippen molar-refractivity contribution in [1.82, 2.24) is 10.2 Å². The summed E-state index contributed by atoms with van der Waals surface area (Å²) in [6.45, 7) is 3.83. The number of nitrogens with one attached hydrogen (secondary N) is 1. The minimum Gasteiger partial charge on any atom is -0.349 e. The second-order valence-corrected chi connectivity index (χ2v) is 8.16. The smallest absolute Gasteiger partial charge is 0.223 e. The number of carbonyl (C=O) groups is 1. The third kappa shape index (κ3) is 4.30. The first-order valence-corrected chi connectivity index (χ1v) is 9.45. The summed E-state index contributed by atoms with van der Waals surface area (Å²) in [4.78, 5) is 14.8. The van der Waals surface area contributed by atoms with Crippen LogP contribution >= 0.6 is 0 Å². The molecule has 1 aliphatic rings. The fourth-order valence-corrected chi connectivity index (χ4v) is 3.32. The summed E-state index contributed by atoms with van der Waals surface area (Å²) in [5.41, 5.74) is 0.911. The van der Waals surface area contributed by atoms with Crippen molar-refractivity contribution in [2.24, 2.45) is 5.92 Å². The van der Waals surface area contributed by atoms with Crippen molar-refractivity contribution < 1.29 is 13.2 Å². The molecule has 0 aliphatic carbocycles. The van der Waals surface area contributed by atoms with Crippen LogP contribution in [0.4, 0.5) is 0 Å². The topological polar surface area (TPSA) is 66.5 Å². The molecule has 1 aliphatic heterocycles. The highest BCUT2D eigenvalue weighted by Crippen LogP contribution is 2.20. The van der Waals surface area contributed by atoms with Crippen LogP contribution in [0.5, 0.6) is 0 Å². The molecule has 6 heteroatoms. The summed E-state index contributed by atoms with van der Waals surface area (Å²) in [5, 5.41) is 3.03. The number of hydrogen-bond acceptors (Lipinski definition) is 4. The number of amides is 1. The van der Waals surface area contributed by atoms with Gasteiger partial charge in [0.2, 0.25) is 5.91 Å². The molecule has 1 aromatic rings. The molecule has 1 fully saturated rings. The summed E-state index contributed by atoms with van der Waals surface area (Å²) in [5.74, 6) is 0.168. The van der Waals surface area contributed by atoms with Gasteiger partial charge in [-0.25, -0.2) is 8.42 Å². The van der Waals surface area contributed by atoms with Crippen LogP contribution in [-0.4, -0.2) is 45.6 Å². The monoisotopic (exact) mass is 324 g/mol. The van der Waals surface area contributed by atoms with E-state index in [1.807, 2.05) is 6.92 Å². The second-order valence-electron chi connectivity index (χ2n) is 6.15. The first-order valence-electron chi connectivity index (χ1n) is 7.56. The fraction of sp³-hybridized carbons (Fsp3) is 0.562. The minimum absolute atomic E-state index is 0.0777. The molecule has 0 unspecified atom stereocenters. The minimum atomic E-state index is -3.18. The summed E-state index contributed by atoms with van der Waals surface area (Å²) in [7, 11) is -1.11. The van der Waals surface area contributed by atoms with E-state index in [2.05, 4.69) is 17.3 Å². The largest absolute Gasteiger partial charge is 0.349 e. The number of hydrogen-bond donors (Lipinski definition) is 1. The third-order valence-corrected chi connectivity index (χ3v) is 5.38. The molecule has 1 saturated heterocycles. The van der Waals surface area contributed by atoms with E-state index in [1.54, 1.807) is 24.3 Å². The summed E-state index contributed by atoms with van der Waals surface area (Å²) in [6, 6.07) is 6.57. The highest BCUT2D eigenvalue weighted by molar-refractivity contribution is 7.90. The molecule has 1 heterocycles. The van der Waals surface area contributed by atoms with Gasteiger partial charge in [0.1, 0.15) is 0 Å². The highest BCUT2D eigenvalue weighted by atomic mass is 32.2. The number of benzene rings is 1. The van der Waals surface area contributed by atoms with Gasteiger partial charge in [-0.1, -0.05) is 12.1 Å². The van der Waals surface area contributed by atoms with Crippen molar-refractivity contribution in [3.63, 3.8) is 0 Å². The molecule has 0 aromatic heterocycles.